The van der Waals surface area contributed by atoms with Crippen LogP contribution in [0.4, 0.5) is 0 Å². The van der Waals surface area contributed by atoms with E-state index in [2.05, 4.69) is 73.1 Å². The molecule has 0 atom stereocenters. The smallest absolute Gasteiger partial charge is 0.339 e. The van der Waals surface area contributed by atoms with Gasteiger partial charge >= 0.3 is 5.97 Å². The molecule has 0 heterocycles. The molecule has 0 radical (unpaired) electrons. The van der Waals surface area contributed by atoms with Crippen LogP contribution in [-0.4, -0.2) is 32.2 Å². The third kappa shape index (κ3) is 5.43. The largest absolute Gasteiger partial charge is 0.461 e. The summed E-state index contributed by atoms with van der Waals surface area (Å²) in [6, 6.07) is 3.88. The number of nitrogens with one attached hydrogen (secondary N) is 1. The van der Waals surface area contributed by atoms with Crippen molar-refractivity contribution in [3.05, 3.63) is 28.4 Å². The van der Waals surface area contributed by atoms with Gasteiger partial charge in [-0.05, 0) is 79.9 Å². The summed E-state index contributed by atoms with van der Waals surface area (Å²) in [5.41, 5.74) is 5.97. The van der Waals surface area contributed by atoms with E-state index in [4.69, 9.17) is 10.5 Å². The van der Waals surface area contributed by atoms with Crippen LogP contribution >= 0.6 is 67.8 Å². The first kappa shape index (κ1) is 16.9. The Morgan fingerprint density at radius 2 is 2.00 bits per heavy atom. The molecule has 1 aromatic rings. The van der Waals surface area contributed by atoms with Crippen LogP contribution in [0.25, 0.3) is 0 Å². The van der Waals surface area contributed by atoms with Crippen molar-refractivity contribution >= 4 is 73.7 Å². The Kier molecular flexibility index (Phi) is 8.30. The minimum absolute atomic E-state index is 0.273. The molecule has 7 heteroatoms. The van der Waals surface area contributed by atoms with E-state index in [1.807, 2.05) is 12.1 Å². The number of carbonyl (C=O) groups excluding carboxylic acids is 1. The fourth-order valence-electron chi connectivity index (χ4n) is 1.23. The summed E-state index contributed by atoms with van der Waals surface area (Å²) in [6.07, 6.45) is 0. The number of hydrogen-bond acceptors (Lipinski definition) is 4. The molecule has 18 heavy (non-hydrogen) atoms. The maximum absolute atomic E-state index is 11.9. The zero-order chi connectivity index (χ0) is 13.5. The molecule has 0 saturated heterocycles. The van der Waals surface area contributed by atoms with Crippen molar-refractivity contribution in [3.63, 3.8) is 0 Å². The lowest BCUT2D eigenvalue weighted by atomic mass is 10.2. The van der Waals surface area contributed by atoms with Crippen molar-refractivity contribution < 1.29 is 9.53 Å². The second kappa shape index (κ2) is 8.87. The van der Waals surface area contributed by atoms with Crippen LogP contribution in [0, 0.1) is 10.7 Å². The van der Waals surface area contributed by atoms with Crippen LogP contribution in [0.5, 0.6) is 0 Å². The Balaban J connectivity index is 2.56. The Morgan fingerprint density at radius 1 is 1.28 bits per heavy atom. The molecule has 0 aliphatic carbocycles. The number of nitrogens with two attached hydrogens (primary N) is 1. The van der Waals surface area contributed by atoms with E-state index in [1.165, 1.54) is 0 Å². The van der Waals surface area contributed by atoms with Crippen LogP contribution < -0.4 is 11.1 Å². The predicted octanol–water partition coefficient (Wildman–Crippen LogP) is 2.21. The number of ether oxygens (including phenoxy) is 1. The van der Waals surface area contributed by atoms with Crippen LogP contribution in [-0.2, 0) is 4.74 Å². The molecule has 0 spiro atoms. The van der Waals surface area contributed by atoms with Crippen molar-refractivity contribution in [3.8, 4) is 0 Å². The van der Waals surface area contributed by atoms with Gasteiger partial charge in [0.1, 0.15) is 6.61 Å². The van der Waals surface area contributed by atoms with Crippen LogP contribution in [0.2, 0.25) is 0 Å². The number of rotatable bonds is 6. The fraction of sp³-hybridized carbons (Fsp3) is 0.364. The van der Waals surface area contributed by atoms with Gasteiger partial charge in [0.2, 0.25) is 0 Å². The van der Waals surface area contributed by atoms with Crippen LogP contribution in [0.15, 0.2) is 12.1 Å². The molecule has 0 aliphatic heterocycles. The van der Waals surface area contributed by atoms with Gasteiger partial charge in [-0.25, -0.2) is 4.79 Å². The van der Waals surface area contributed by atoms with Gasteiger partial charge in [-0.1, -0.05) is 0 Å². The summed E-state index contributed by atoms with van der Waals surface area (Å²) in [5.74, 6) is -0.273. The van der Waals surface area contributed by atoms with Gasteiger partial charge in [0.05, 0.1) is 5.56 Å². The number of esters is 1. The quantitative estimate of drug-likeness (QED) is 0.233. The topological polar surface area (TPSA) is 64.3 Å². The first-order valence-electron chi connectivity index (χ1n) is 5.28. The van der Waals surface area contributed by atoms with Gasteiger partial charge in [0.15, 0.2) is 0 Å². The highest BCUT2D eigenvalue weighted by atomic mass is 127. The van der Waals surface area contributed by atoms with E-state index >= 15 is 0 Å². The summed E-state index contributed by atoms with van der Waals surface area (Å²) in [4.78, 5) is 11.9. The zero-order valence-electron chi connectivity index (χ0n) is 9.51. The Hall–Kier alpha value is 0.800. The van der Waals surface area contributed by atoms with E-state index < -0.39 is 0 Å². The Morgan fingerprint density at radius 3 is 2.67 bits per heavy atom. The molecule has 0 fully saturated rings. The minimum atomic E-state index is -0.273. The molecule has 1 rings (SSSR count). The monoisotopic (exact) mass is 586 g/mol. The second-order valence-corrected chi connectivity index (χ2v) is 6.91. The van der Waals surface area contributed by atoms with Crippen molar-refractivity contribution in [1.82, 2.24) is 5.32 Å². The van der Waals surface area contributed by atoms with Crippen molar-refractivity contribution in [2.24, 2.45) is 5.73 Å². The van der Waals surface area contributed by atoms with E-state index in [-0.39, 0.29) is 5.97 Å². The summed E-state index contributed by atoms with van der Waals surface area (Å²) < 4.78 is 8.25. The van der Waals surface area contributed by atoms with E-state index in [0.717, 1.165) is 17.3 Å². The van der Waals surface area contributed by atoms with Crippen LogP contribution in [0.3, 0.4) is 0 Å². The highest BCUT2D eigenvalue weighted by Gasteiger charge is 2.14. The van der Waals surface area contributed by atoms with Gasteiger partial charge in [0.25, 0.3) is 0 Å². The number of carbonyl (C=O) groups is 1. The first-order chi connectivity index (χ1) is 8.56. The first-order valence-corrected chi connectivity index (χ1v) is 8.52. The third-order valence-corrected chi connectivity index (χ3v) is 5.71. The lowest BCUT2D eigenvalue weighted by Crippen LogP contribution is -2.27. The average molecular weight is 586 g/mol. The molecule has 3 N–H and O–H groups in total. The van der Waals surface area contributed by atoms with Crippen molar-refractivity contribution in [1.29, 1.82) is 0 Å². The standard InChI is InChI=1S/C11H13I3N2O2/c12-7-5-8(10(14)9(13)6-7)11(17)18-4-3-16-2-1-15/h5-6,16H,1-4,15H2. The van der Waals surface area contributed by atoms with Gasteiger partial charge in [0, 0.05) is 30.3 Å². The second-order valence-electron chi connectivity index (χ2n) is 3.42. The lowest BCUT2D eigenvalue weighted by Gasteiger charge is -2.08. The van der Waals surface area contributed by atoms with E-state index in [9.17, 15) is 4.79 Å². The minimum Gasteiger partial charge on any atom is -0.461 e. The van der Waals surface area contributed by atoms with Crippen LogP contribution in [0.1, 0.15) is 10.4 Å². The fourth-order valence-corrected chi connectivity index (χ4v) is 3.60. The summed E-state index contributed by atoms with van der Waals surface area (Å²) in [6.45, 7) is 2.30. The zero-order valence-corrected chi connectivity index (χ0v) is 16.0. The lowest BCUT2D eigenvalue weighted by molar-refractivity contribution is 0.0507. The maximum atomic E-state index is 11.9. The maximum Gasteiger partial charge on any atom is 0.339 e. The molecular formula is C11H13I3N2O2. The summed E-state index contributed by atoms with van der Waals surface area (Å²) in [7, 11) is 0. The molecule has 4 nitrogen and oxygen atoms in total. The van der Waals surface area contributed by atoms with Crippen molar-refractivity contribution in [2.45, 2.75) is 0 Å². The molecule has 0 bridgehead atoms. The molecule has 0 unspecified atom stereocenters. The molecule has 0 saturated carbocycles. The van der Waals surface area contributed by atoms with Gasteiger partial charge < -0.3 is 15.8 Å². The average Bonchev–Trinajstić information content (AvgIpc) is 2.33. The van der Waals surface area contributed by atoms with Gasteiger partial charge in [-0.2, -0.15) is 0 Å². The third-order valence-electron chi connectivity index (χ3n) is 2.05. The predicted molar refractivity (Wildman–Crippen MR) is 96.8 cm³/mol. The molecule has 0 amide bonds. The molecule has 0 aliphatic rings. The Labute approximate surface area is 147 Å². The summed E-state index contributed by atoms with van der Waals surface area (Å²) >= 11 is 6.58. The molecule has 1 aromatic carbocycles. The van der Waals surface area contributed by atoms with E-state index in [0.29, 0.717) is 25.3 Å². The van der Waals surface area contributed by atoms with Crippen molar-refractivity contribution in [2.75, 3.05) is 26.2 Å². The van der Waals surface area contributed by atoms with Gasteiger partial charge in [-0.3, -0.25) is 0 Å². The Bertz CT molecular complexity index is 427. The number of halogens is 3. The normalized spacial score (nSPS) is 10.4. The SMILES string of the molecule is NCCNCCOC(=O)c1cc(I)cc(I)c1I. The molecule has 0 aromatic heterocycles. The molecule has 100 valence electrons. The number of hydrogen-bond donors (Lipinski definition) is 2. The highest BCUT2D eigenvalue weighted by Crippen LogP contribution is 2.23. The van der Waals surface area contributed by atoms with E-state index in [1.54, 1.807) is 0 Å². The molecular weight excluding hydrogens is 573 g/mol. The van der Waals surface area contributed by atoms with Gasteiger partial charge in [-0.15, -0.1) is 0 Å². The highest BCUT2D eigenvalue weighted by molar-refractivity contribution is 14.1. The number of benzene rings is 1. The summed E-state index contributed by atoms with van der Waals surface area (Å²) in [5, 5.41) is 3.07.